The summed E-state index contributed by atoms with van der Waals surface area (Å²) >= 11 is 0. The van der Waals surface area contributed by atoms with Crippen molar-refractivity contribution in [2.45, 2.75) is 20.4 Å². The number of nitrogens with one attached hydrogen (secondary N) is 1. The number of amides is 1. The lowest BCUT2D eigenvalue weighted by atomic mass is 10.1. The normalized spacial score (nSPS) is 10.7. The Balaban J connectivity index is 1.93. The Morgan fingerprint density at radius 3 is 2.35 bits per heavy atom. The van der Waals surface area contributed by atoms with Crippen molar-refractivity contribution in [3.05, 3.63) is 76.9 Å². The first kappa shape index (κ1) is 14.1. The van der Waals surface area contributed by atoms with Crippen LogP contribution < -0.4 is 5.32 Å². The fourth-order valence-corrected chi connectivity index (χ4v) is 1.99. The third-order valence-electron chi connectivity index (χ3n) is 3.32. The lowest BCUT2D eigenvalue weighted by Gasteiger charge is -2.05. The summed E-state index contributed by atoms with van der Waals surface area (Å²) in [5.74, 6) is -0.0727. The maximum absolute atomic E-state index is 11.8. The van der Waals surface area contributed by atoms with Crippen molar-refractivity contribution in [2.24, 2.45) is 0 Å². The summed E-state index contributed by atoms with van der Waals surface area (Å²) in [5, 5.41) is 2.90. The van der Waals surface area contributed by atoms with Crippen LogP contribution in [0.3, 0.4) is 0 Å². The number of carbonyl (C=O) groups excluding carboxylic acids is 1. The van der Waals surface area contributed by atoms with Gasteiger partial charge < -0.3 is 5.32 Å². The SMILES string of the molecule is Cc1ccccc1/C=C/C(=O)NCc1ccccc1C. The molecule has 2 aromatic rings. The van der Waals surface area contributed by atoms with E-state index in [4.69, 9.17) is 0 Å². The zero-order valence-electron chi connectivity index (χ0n) is 11.9. The van der Waals surface area contributed by atoms with Crippen LogP contribution in [0, 0.1) is 13.8 Å². The minimum atomic E-state index is -0.0727. The molecule has 1 N–H and O–H groups in total. The van der Waals surface area contributed by atoms with Crippen molar-refractivity contribution in [1.29, 1.82) is 0 Å². The molecule has 0 saturated heterocycles. The molecule has 0 aliphatic rings. The third kappa shape index (κ3) is 3.82. The molecule has 2 rings (SSSR count). The van der Waals surface area contributed by atoms with Gasteiger partial charge in [-0.2, -0.15) is 0 Å². The van der Waals surface area contributed by atoms with E-state index in [1.54, 1.807) is 6.08 Å². The largest absolute Gasteiger partial charge is 0.348 e. The molecule has 0 fully saturated rings. The maximum Gasteiger partial charge on any atom is 0.244 e. The van der Waals surface area contributed by atoms with Crippen molar-refractivity contribution in [2.75, 3.05) is 0 Å². The summed E-state index contributed by atoms with van der Waals surface area (Å²) in [4.78, 5) is 11.8. The lowest BCUT2D eigenvalue weighted by Crippen LogP contribution is -2.20. The second kappa shape index (κ2) is 6.71. The standard InChI is InChI=1S/C18H19NO/c1-14-7-3-5-9-16(14)11-12-18(20)19-13-17-10-6-4-8-15(17)2/h3-12H,13H2,1-2H3,(H,19,20)/b12-11+. The molecule has 0 aliphatic heterocycles. The van der Waals surface area contributed by atoms with Crippen LogP contribution in [0.1, 0.15) is 22.3 Å². The van der Waals surface area contributed by atoms with Crippen LogP contribution in [0.2, 0.25) is 0 Å². The molecule has 0 saturated carbocycles. The molecule has 0 atom stereocenters. The van der Waals surface area contributed by atoms with Gasteiger partial charge in [0.25, 0.3) is 0 Å². The highest BCUT2D eigenvalue weighted by Gasteiger charge is 1.99. The molecule has 0 bridgehead atoms. The van der Waals surface area contributed by atoms with Crippen LogP contribution in [0.4, 0.5) is 0 Å². The molecular weight excluding hydrogens is 246 g/mol. The second-order valence-electron chi connectivity index (χ2n) is 4.83. The van der Waals surface area contributed by atoms with Crippen molar-refractivity contribution >= 4 is 12.0 Å². The van der Waals surface area contributed by atoms with Gasteiger partial charge in [0, 0.05) is 12.6 Å². The Bertz CT molecular complexity index is 629. The van der Waals surface area contributed by atoms with Crippen LogP contribution in [0.25, 0.3) is 6.08 Å². The van der Waals surface area contributed by atoms with E-state index in [1.165, 1.54) is 5.56 Å². The molecule has 0 radical (unpaired) electrons. The predicted octanol–water partition coefficient (Wildman–Crippen LogP) is 3.63. The van der Waals surface area contributed by atoms with E-state index < -0.39 is 0 Å². The van der Waals surface area contributed by atoms with Crippen LogP contribution >= 0.6 is 0 Å². The van der Waals surface area contributed by atoms with Gasteiger partial charge in [-0.1, -0.05) is 48.5 Å². The van der Waals surface area contributed by atoms with Crippen molar-refractivity contribution in [1.82, 2.24) is 5.32 Å². The van der Waals surface area contributed by atoms with E-state index in [0.29, 0.717) is 6.54 Å². The van der Waals surface area contributed by atoms with Gasteiger partial charge in [0.05, 0.1) is 0 Å². The fraction of sp³-hybridized carbons (Fsp3) is 0.167. The highest BCUT2D eigenvalue weighted by molar-refractivity contribution is 5.91. The quantitative estimate of drug-likeness (QED) is 0.840. The molecule has 0 aliphatic carbocycles. The lowest BCUT2D eigenvalue weighted by molar-refractivity contribution is -0.116. The van der Waals surface area contributed by atoms with E-state index in [-0.39, 0.29) is 5.91 Å². The fourth-order valence-electron chi connectivity index (χ4n) is 1.99. The summed E-state index contributed by atoms with van der Waals surface area (Å²) in [5.41, 5.74) is 4.56. The number of rotatable bonds is 4. The minimum Gasteiger partial charge on any atom is -0.348 e. The maximum atomic E-state index is 11.8. The number of hydrogen-bond donors (Lipinski definition) is 1. The monoisotopic (exact) mass is 265 g/mol. The van der Waals surface area contributed by atoms with Gasteiger partial charge in [0.15, 0.2) is 0 Å². The van der Waals surface area contributed by atoms with E-state index >= 15 is 0 Å². The van der Waals surface area contributed by atoms with Crippen molar-refractivity contribution in [3.63, 3.8) is 0 Å². The Morgan fingerprint density at radius 1 is 1.00 bits per heavy atom. The minimum absolute atomic E-state index is 0.0727. The van der Waals surface area contributed by atoms with Gasteiger partial charge in [-0.05, 0) is 42.2 Å². The molecule has 2 heteroatoms. The molecule has 0 heterocycles. The molecule has 0 aromatic heterocycles. The topological polar surface area (TPSA) is 29.1 Å². The van der Waals surface area contributed by atoms with Gasteiger partial charge >= 0.3 is 0 Å². The predicted molar refractivity (Wildman–Crippen MR) is 83.2 cm³/mol. The molecule has 2 aromatic carbocycles. The highest BCUT2D eigenvalue weighted by Crippen LogP contribution is 2.09. The zero-order chi connectivity index (χ0) is 14.4. The van der Waals surface area contributed by atoms with E-state index in [9.17, 15) is 4.79 Å². The number of carbonyl (C=O) groups is 1. The number of hydrogen-bond acceptors (Lipinski definition) is 1. The van der Waals surface area contributed by atoms with Crippen LogP contribution in [-0.4, -0.2) is 5.91 Å². The van der Waals surface area contributed by atoms with Gasteiger partial charge in [0.2, 0.25) is 5.91 Å². The Hall–Kier alpha value is -2.35. The number of benzene rings is 2. The molecule has 0 unspecified atom stereocenters. The first-order valence-corrected chi connectivity index (χ1v) is 6.73. The van der Waals surface area contributed by atoms with Crippen molar-refractivity contribution < 1.29 is 4.79 Å². The molecule has 102 valence electrons. The molecular formula is C18H19NO. The van der Waals surface area contributed by atoms with Gasteiger partial charge in [-0.3, -0.25) is 4.79 Å². The Kier molecular flexibility index (Phi) is 4.72. The Morgan fingerprint density at radius 2 is 1.65 bits per heavy atom. The van der Waals surface area contributed by atoms with Gasteiger partial charge in [0.1, 0.15) is 0 Å². The molecule has 0 spiro atoms. The molecule has 20 heavy (non-hydrogen) atoms. The first-order valence-electron chi connectivity index (χ1n) is 6.73. The van der Waals surface area contributed by atoms with Crippen molar-refractivity contribution in [3.8, 4) is 0 Å². The van der Waals surface area contributed by atoms with E-state index in [1.807, 2.05) is 68.5 Å². The van der Waals surface area contributed by atoms with Gasteiger partial charge in [-0.25, -0.2) is 0 Å². The summed E-state index contributed by atoms with van der Waals surface area (Å²) < 4.78 is 0. The smallest absolute Gasteiger partial charge is 0.244 e. The highest BCUT2D eigenvalue weighted by atomic mass is 16.1. The third-order valence-corrected chi connectivity index (χ3v) is 3.32. The Labute approximate surface area is 120 Å². The second-order valence-corrected chi connectivity index (χ2v) is 4.83. The van der Waals surface area contributed by atoms with E-state index in [0.717, 1.165) is 16.7 Å². The van der Waals surface area contributed by atoms with E-state index in [2.05, 4.69) is 5.32 Å². The molecule has 1 amide bonds. The summed E-state index contributed by atoms with van der Waals surface area (Å²) in [7, 11) is 0. The van der Waals surface area contributed by atoms with Crippen LogP contribution in [0.5, 0.6) is 0 Å². The van der Waals surface area contributed by atoms with Crippen LogP contribution in [-0.2, 0) is 11.3 Å². The average molecular weight is 265 g/mol. The van der Waals surface area contributed by atoms with Crippen LogP contribution in [0.15, 0.2) is 54.6 Å². The average Bonchev–Trinajstić information content (AvgIpc) is 2.45. The summed E-state index contributed by atoms with van der Waals surface area (Å²) in [6.45, 7) is 4.64. The summed E-state index contributed by atoms with van der Waals surface area (Å²) in [6, 6.07) is 16.1. The summed E-state index contributed by atoms with van der Waals surface area (Å²) in [6.07, 6.45) is 3.43. The first-order chi connectivity index (χ1) is 9.66. The zero-order valence-corrected chi connectivity index (χ0v) is 11.9. The molecule has 2 nitrogen and oxygen atoms in total. The van der Waals surface area contributed by atoms with Gasteiger partial charge in [-0.15, -0.1) is 0 Å². The number of aryl methyl sites for hydroxylation is 2.